The van der Waals surface area contributed by atoms with Crippen LogP contribution in [-0.4, -0.2) is 36.5 Å². The Morgan fingerprint density at radius 1 is 0.676 bits per heavy atom. The molecule has 0 heterocycles. The van der Waals surface area contributed by atoms with Crippen molar-refractivity contribution in [2.45, 2.75) is 90.8 Å². The lowest BCUT2D eigenvalue weighted by Crippen LogP contribution is -2.28. The topological polar surface area (TPSA) is 52.6 Å². The molecular weight excluding hydrogens is 466 g/mol. The largest absolute Gasteiger partial charge is 0.459 e. The lowest BCUT2D eigenvalue weighted by molar-refractivity contribution is -0.189. The molecule has 4 nitrogen and oxygen atoms in total. The summed E-state index contributed by atoms with van der Waals surface area (Å²) in [6.45, 7) is 13.0. The van der Waals surface area contributed by atoms with Gasteiger partial charge in [-0.05, 0) is 64.2 Å². The van der Waals surface area contributed by atoms with Crippen molar-refractivity contribution in [1.82, 2.24) is 0 Å². The number of carbonyl (C=O) groups is 2. The molecule has 2 saturated carbocycles. The Kier molecular flexibility index (Phi) is 10.7. The molecule has 2 fully saturated rings. The predicted octanol–water partition coefficient (Wildman–Crippen LogP) is 6.95. The molecule has 2 rings (SSSR count). The summed E-state index contributed by atoms with van der Waals surface area (Å²) in [6, 6.07) is 0. The van der Waals surface area contributed by atoms with Crippen LogP contribution in [0.3, 0.4) is 0 Å². The lowest BCUT2D eigenvalue weighted by Gasteiger charge is -2.23. The first kappa shape index (κ1) is 30.0. The fraction of sp³-hybridized carbons (Fsp3) is 0.750. The first-order chi connectivity index (χ1) is 15.4. The third kappa shape index (κ3) is 9.33. The molecule has 0 aromatic rings. The number of ether oxygens (including phenoxy) is 2. The molecule has 0 radical (unpaired) electrons. The molecule has 0 aromatic heterocycles. The van der Waals surface area contributed by atoms with Crippen LogP contribution in [0.2, 0.25) is 0 Å². The maximum absolute atomic E-state index is 12.8. The highest BCUT2D eigenvalue weighted by molar-refractivity contribution is 5.87. The van der Waals surface area contributed by atoms with Gasteiger partial charge in [-0.3, -0.25) is 0 Å². The van der Waals surface area contributed by atoms with Gasteiger partial charge in [0.2, 0.25) is 0 Å². The number of rotatable bonds is 4. The van der Waals surface area contributed by atoms with Gasteiger partial charge in [0.05, 0.1) is 11.8 Å². The van der Waals surface area contributed by atoms with E-state index in [0.29, 0.717) is 12.8 Å². The highest BCUT2D eigenvalue weighted by Crippen LogP contribution is 2.44. The second-order valence-electron chi connectivity index (χ2n) is 9.49. The van der Waals surface area contributed by atoms with Gasteiger partial charge < -0.3 is 9.47 Å². The molecule has 0 amide bonds. The van der Waals surface area contributed by atoms with Gasteiger partial charge in [-0.1, -0.05) is 27.0 Å². The Labute approximate surface area is 196 Å². The molecule has 2 aliphatic rings. The van der Waals surface area contributed by atoms with Gasteiger partial charge in [0, 0.05) is 11.1 Å². The number of esters is 2. The quantitative estimate of drug-likeness (QED) is 0.182. The van der Waals surface area contributed by atoms with Crippen molar-refractivity contribution in [3.05, 3.63) is 24.3 Å². The average molecular weight is 501 g/mol. The predicted molar refractivity (Wildman–Crippen MR) is 115 cm³/mol. The smallest absolute Gasteiger partial charge is 0.392 e. The molecule has 196 valence electrons. The van der Waals surface area contributed by atoms with Crippen LogP contribution in [0.25, 0.3) is 0 Å². The Balaban J connectivity index is 0.000000342. The summed E-state index contributed by atoms with van der Waals surface area (Å²) >= 11 is 0. The van der Waals surface area contributed by atoms with Crippen LogP contribution in [-0.2, 0) is 19.1 Å². The summed E-state index contributed by atoms with van der Waals surface area (Å²) in [4.78, 5) is 22.5. The summed E-state index contributed by atoms with van der Waals surface area (Å²) in [5.74, 6) is -4.69. The lowest BCUT2D eigenvalue weighted by atomic mass is 9.89. The van der Waals surface area contributed by atoms with E-state index in [1.54, 1.807) is 6.92 Å². The van der Waals surface area contributed by atoms with Gasteiger partial charge in [0.15, 0.2) is 0 Å². The van der Waals surface area contributed by atoms with E-state index in [1.807, 2.05) is 0 Å². The van der Waals surface area contributed by atoms with E-state index >= 15 is 0 Å². The third-order valence-electron chi connectivity index (χ3n) is 6.35. The summed E-state index contributed by atoms with van der Waals surface area (Å²) in [7, 11) is 0. The number of halogens is 6. The van der Waals surface area contributed by atoms with E-state index in [1.165, 1.54) is 20.8 Å². The molecule has 0 saturated heterocycles. The molecule has 10 heteroatoms. The van der Waals surface area contributed by atoms with E-state index in [2.05, 4.69) is 13.2 Å². The molecule has 0 aromatic carbocycles. The van der Waals surface area contributed by atoms with Crippen molar-refractivity contribution in [3.63, 3.8) is 0 Å². The minimum absolute atomic E-state index is 0.0266. The van der Waals surface area contributed by atoms with Crippen LogP contribution in [0.4, 0.5) is 26.3 Å². The highest BCUT2D eigenvalue weighted by atomic mass is 19.4. The van der Waals surface area contributed by atoms with E-state index in [4.69, 9.17) is 9.47 Å². The van der Waals surface area contributed by atoms with Crippen molar-refractivity contribution in [2.75, 3.05) is 0 Å². The van der Waals surface area contributed by atoms with Gasteiger partial charge in [0.25, 0.3) is 0 Å². The Morgan fingerprint density at radius 2 is 1.12 bits per heavy atom. The Morgan fingerprint density at radius 3 is 1.53 bits per heavy atom. The normalized spacial score (nSPS) is 29.8. The molecular formula is C24H34F6O4. The second kappa shape index (κ2) is 12.1. The molecule has 6 atom stereocenters. The van der Waals surface area contributed by atoms with Gasteiger partial charge >= 0.3 is 24.3 Å². The summed E-state index contributed by atoms with van der Waals surface area (Å²) < 4.78 is 85.9. The molecule has 0 aliphatic heterocycles. The van der Waals surface area contributed by atoms with Gasteiger partial charge in [-0.25, -0.2) is 9.59 Å². The van der Waals surface area contributed by atoms with E-state index in [9.17, 15) is 35.9 Å². The van der Waals surface area contributed by atoms with E-state index in [-0.39, 0.29) is 36.8 Å². The number of hydrogen-bond donors (Lipinski definition) is 0. The van der Waals surface area contributed by atoms with E-state index < -0.39 is 60.2 Å². The fourth-order valence-corrected chi connectivity index (χ4v) is 4.30. The van der Waals surface area contributed by atoms with Gasteiger partial charge in [0.1, 0.15) is 12.2 Å². The van der Waals surface area contributed by atoms with Crippen molar-refractivity contribution >= 4 is 11.9 Å². The number of carbonyl (C=O) groups excluding carboxylic acids is 2. The minimum Gasteiger partial charge on any atom is -0.459 e. The van der Waals surface area contributed by atoms with Gasteiger partial charge in [-0.2, -0.15) is 26.3 Å². The maximum atomic E-state index is 12.8. The van der Waals surface area contributed by atoms with Crippen molar-refractivity contribution in [2.24, 2.45) is 23.7 Å². The average Bonchev–Trinajstić information content (AvgIpc) is 2.94. The van der Waals surface area contributed by atoms with Crippen LogP contribution in [0.5, 0.6) is 0 Å². The number of hydrogen-bond acceptors (Lipinski definition) is 4. The SMILES string of the molecule is C=C(C)C(=O)OC1CC(C)C(C(F)(F)F)C1.C=C(C)C(=O)OC1CCC(C)C(C(F)(F)F)CC1. The minimum atomic E-state index is -4.20. The van der Waals surface area contributed by atoms with Crippen molar-refractivity contribution in [3.8, 4) is 0 Å². The van der Waals surface area contributed by atoms with Crippen molar-refractivity contribution in [1.29, 1.82) is 0 Å². The van der Waals surface area contributed by atoms with Crippen LogP contribution < -0.4 is 0 Å². The fourth-order valence-electron chi connectivity index (χ4n) is 4.30. The maximum Gasteiger partial charge on any atom is 0.392 e. The number of alkyl halides is 6. The third-order valence-corrected chi connectivity index (χ3v) is 6.35. The molecule has 34 heavy (non-hydrogen) atoms. The van der Waals surface area contributed by atoms with Crippen molar-refractivity contribution < 1.29 is 45.4 Å². The van der Waals surface area contributed by atoms with E-state index in [0.717, 1.165) is 0 Å². The molecule has 6 unspecified atom stereocenters. The monoisotopic (exact) mass is 500 g/mol. The zero-order valence-corrected chi connectivity index (χ0v) is 20.0. The summed E-state index contributed by atoms with van der Waals surface area (Å²) in [5, 5.41) is 0. The van der Waals surface area contributed by atoms with Crippen LogP contribution in [0, 0.1) is 23.7 Å². The summed E-state index contributed by atoms with van der Waals surface area (Å²) in [5.41, 5.74) is 0.489. The Hall–Kier alpha value is -2.00. The van der Waals surface area contributed by atoms with Crippen LogP contribution in [0.1, 0.15) is 66.2 Å². The van der Waals surface area contributed by atoms with Crippen LogP contribution in [0.15, 0.2) is 24.3 Å². The second-order valence-corrected chi connectivity index (χ2v) is 9.49. The molecule has 2 aliphatic carbocycles. The molecule has 0 spiro atoms. The molecule has 0 bridgehead atoms. The zero-order valence-electron chi connectivity index (χ0n) is 20.0. The Bertz CT molecular complexity index is 743. The highest BCUT2D eigenvalue weighted by Gasteiger charge is 2.49. The summed E-state index contributed by atoms with van der Waals surface area (Å²) in [6.07, 6.45) is -8.06. The first-order valence-electron chi connectivity index (χ1n) is 11.3. The first-order valence-corrected chi connectivity index (χ1v) is 11.3. The van der Waals surface area contributed by atoms with Gasteiger partial charge in [-0.15, -0.1) is 0 Å². The zero-order chi connectivity index (χ0) is 26.4. The molecule has 0 N–H and O–H groups in total. The van der Waals surface area contributed by atoms with Crippen LogP contribution >= 0.6 is 0 Å². The standard InChI is InChI=1S/C13H19F3O2.C11H15F3O2/c1-8(2)12(17)18-10-5-4-9(3)11(7-6-10)13(14,15)16;1-6(2)10(15)16-8-4-7(3)9(5-8)11(12,13)14/h9-11H,1,4-7H2,2-3H3;7-9H,1,4-5H2,2-3H3.